The van der Waals surface area contributed by atoms with Gasteiger partial charge in [-0.25, -0.2) is 4.98 Å². The maximum atomic E-state index is 10.9. The Kier molecular flexibility index (Phi) is 3.64. The lowest BCUT2D eigenvalue weighted by Crippen LogP contribution is -2.25. The van der Waals surface area contributed by atoms with Crippen molar-refractivity contribution in [3.8, 4) is 0 Å². The van der Waals surface area contributed by atoms with Gasteiger partial charge in [-0.2, -0.15) is 0 Å². The van der Waals surface area contributed by atoms with Crippen molar-refractivity contribution >= 4 is 17.3 Å². The second-order valence-electron chi connectivity index (χ2n) is 4.84. The van der Waals surface area contributed by atoms with E-state index >= 15 is 0 Å². The van der Waals surface area contributed by atoms with E-state index in [0.717, 1.165) is 0 Å². The van der Waals surface area contributed by atoms with Crippen LogP contribution < -0.4 is 11.1 Å². The molecule has 0 aromatic carbocycles. The van der Waals surface area contributed by atoms with Crippen molar-refractivity contribution in [2.75, 3.05) is 11.1 Å². The van der Waals surface area contributed by atoms with Crippen molar-refractivity contribution in [2.45, 2.75) is 38.6 Å². The molecular weight excluding hydrogens is 232 g/mol. The Morgan fingerprint density at radius 2 is 2.17 bits per heavy atom. The van der Waals surface area contributed by atoms with Gasteiger partial charge >= 0.3 is 5.69 Å². The number of rotatable bonds is 4. The molecule has 0 amide bonds. The third kappa shape index (κ3) is 2.69. The topological polar surface area (TPSA) is 94.1 Å². The molecule has 1 aliphatic carbocycles. The smallest absolute Gasteiger partial charge is 0.311 e. The summed E-state index contributed by atoms with van der Waals surface area (Å²) in [6.45, 7) is 2.05. The first-order chi connectivity index (χ1) is 8.58. The average Bonchev–Trinajstić information content (AvgIpc) is 2.81. The van der Waals surface area contributed by atoms with E-state index in [2.05, 4.69) is 10.3 Å². The maximum Gasteiger partial charge on any atom is 0.311 e. The molecule has 1 aliphatic rings. The van der Waals surface area contributed by atoms with Crippen molar-refractivity contribution in [3.63, 3.8) is 0 Å². The van der Waals surface area contributed by atoms with E-state index in [1.807, 2.05) is 6.92 Å². The molecule has 0 bridgehead atoms. The Balaban J connectivity index is 2.16. The van der Waals surface area contributed by atoms with Gasteiger partial charge in [-0.3, -0.25) is 10.1 Å². The van der Waals surface area contributed by atoms with Crippen LogP contribution in [0.4, 0.5) is 17.3 Å². The fourth-order valence-electron chi connectivity index (χ4n) is 2.51. The number of nitro groups is 1. The van der Waals surface area contributed by atoms with Gasteiger partial charge in [0.25, 0.3) is 0 Å². The third-order valence-corrected chi connectivity index (χ3v) is 3.56. The van der Waals surface area contributed by atoms with Gasteiger partial charge in [0.1, 0.15) is 5.82 Å². The zero-order chi connectivity index (χ0) is 13.1. The van der Waals surface area contributed by atoms with E-state index < -0.39 is 4.92 Å². The van der Waals surface area contributed by atoms with Crippen LogP contribution >= 0.6 is 0 Å². The highest BCUT2D eigenvalue weighted by Gasteiger charge is 2.24. The Morgan fingerprint density at radius 3 is 2.78 bits per heavy atom. The standard InChI is InChI=1S/C12H18N4O2/c1-8(9-4-2-3-5-9)14-12-10(16(17)18)6-7-11(13)15-12/h6-9H,2-5H2,1H3,(H3,13,14,15). The number of aromatic nitrogens is 1. The van der Waals surface area contributed by atoms with Gasteiger partial charge in [0.05, 0.1) is 4.92 Å². The van der Waals surface area contributed by atoms with Crippen LogP contribution in [-0.4, -0.2) is 15.9 Å². The first-order valence-electron chi connectivity index (χ1n) is 6.25. The van der Waals surface area contributed by atoms with E-state index in [1.165, 1.54) is 37.8 Å². The Hall–Kier alpha value is -1.85. The monoisotopic (exact) mass is 250 g/mol. The molecule has 1 atom stereocenters. The number of hydrogen-bond acceptors (Lipinski definition) is 5. The van der Waals surface area contributed by atoms with Crippen LogP contribution in [0.1, 0.15) is 32.6 Å². The van der Waals surface area contributed by atoms with Crippen molar-refractivity contribution in [1.82, 2.24) is 4.98 Å². The highest BCUT2D eigenvalue weighted by atomic mass is 16.6. The van der Waals surface area contributed by atoms with Crippen molar-refractivity contribution in [1.29, 1.82) is 0 Å². The molecule has 2 rings (SSSR count). The van der Waals surface area contributed by atoms with Crippen molar-refractivity contribution in [3.05, 3.63) is 22.2 Å². The van der Waals surface area contributed by atoms with Crippen LogP contribution in [0.5, 0.6) is 0 Å². The van der Waals surface area contributed by atoms with Gasteiger partial charge in [-0.15, -0.1) is 0 Å². The number of nitrogens with two attached hydrogens (primary N) is 1. The second-order valence-corrected chi connectivity index (χ2v) is 4.84. The molecule has 1 aromatic heterocycles. The van der Waals surface area contributed by atoms with E-state index in [0.29, 0.717) is 11.7 Å². The van der Waals surface area contributed by atoms with E-state index in [-0.39, 0.29) is 17.5 Å². The maximum absolute atomic E-state index is 10.9. The van der Waals surface area contributed by atoms with Crippen LogP contribution in [-0.2, 0) is 0 Å². The Labute approximate surface area is 106 Å². The molecule has 3 N–H and O–H groups in total. The summed E-state index contributed by atoms with van der Waals surface area (Å²) in [6.07, 6.45) is 4.82. The molecule has 6 heteroatoms. The van der Waals surface area contributed by atoms with Gasteiger partial charge in [0.2, 0.25) is 5.82 Å². The zero-order valence-electron chi connectivity index (χ0n) is 10.4. The molecule has 98 valence electrons. The van der Waals surface area contributed by atoms with E-state index in [1.54, 1.807) is 0 Å². The summed E-state index contributed by atoms with van der Waals surface area (Å²) < 4.78 is 0. The number of hydrogen-bond donors (Lipinski definition) is 2. The highest BCUT2D eigenvalue weighted by molar-refractivity contribution is 5.59. The molecule has 1 saturated carbocycles. The molecule has 0 saturated heterocycles. The molecular formula is C12H18N4O2. The van der Waals surface area contributed by atoms with Gasteiger partial charge < -0.3 is 11.1 Å². The summed E-state index contributed by atoms with van der Waals surface area (Å²) in [7, 11) is 0. The average molecular weight is 250 g/mol. The molecule has 1 aromatic rings. The molecule has 1 heterocycles. The summed E-state index contributed by atoms with van der Waals surface area (Å²) in [5.41, 5.74) is 5.56. The Bertz CT molecular complexity index is 444. The van der Waals surface area contributed by atoms with Gasteiger partial charge in [0.15, 0.2) is 0 Å². The molecule has 6 nitrogen and oxygen atoms in total. The lowest BCUT2D eigenvalue weighted by Gasteiger charge is -2.20. The summed E-state index contributed by atoms with van der Waals surface area (Å²) in [6, 6.07) is 3.02. The molecule has 1 unspecified atom stereocenters. The lowest BCUT2D eigenvalue weighted by molar-refractivity contribution is -0.384. The first-order valence-corrected chi connectivity index (χ1v) is 6.25. The molecule has 1 fully saturated rings. The van der Waals surface area contributed by atoms with Crippen molar-refractivity contribution < 1.29 is 4.92 Å². The van der Waals surface area contributed by atoms with Crippen LogP contribution in [0.2, 0.25) is 0 Å². The highest BCUT2D eigenvalue weighted by Crippen LogP contribution is 2.31. The SMILES string of the molecule is CC(Nc1nc(N)ccc1[N+](=O)[O-])C1CCCC1. The number of nitrogens with zero attached hydrogens (tertiary/aromatic N) is 2. The predicted molar refractivity (Wildman–Crippen MR) is 70.3 cm³/mol. The normalized spacial score (nSPS) is 17.6. The number of anilines is 2. The minimum absolute atomic E-state index is 0.0194. The van der Waals surface area contributed by atoms with Gasteiger partial charge in [0, 0.05) is 12.1 Å². The molecule has 18 heavy (non-hydrogen) atoms. The van der Waals surface area contributed by atoms with Gasteiger partial charge in [-0.05, 0) is 31.7 Å². The summed E-state index contributed by atoms with van der Waals surface area (Å²) >= 11 is 0. The first kappa shape index (κ1) is 12.6. The number of pyridine rings is 1. The van der Waals surface area contributed by atoms with Gasteiger partial charge in [-0.1, -0.05) is 12.8 Å². The van der Waals surface area contributed by atoms with Crippen LogP contribution in [0.15, 0.2) is 12.1 Å². The lowest BCUT2D eigenvalue weighted by atomic mass is 10.00. The minimum atomic E-state index is -0.434. The van der Waals surface area contributed by atoms with Crippen LogP contribution in [0.3, 0.4) is 0 Å². The summed E-state index contributed by atoms with van der Waals surface area (Å²) in [5, 5.41) is 14.1. The van der Waals surface area contributed by atoms with Crippen molar-refractivity contribution in [2.24, 2.45) is 5.92 Å². The summed E-state index contributed by atoms with van der Waals surface area (Å²) in [5.74, 6) is 1.13. The zero-order valence-corrected chi connectivity index (χ0v) is 10.4. The van der Waals surface area contributed by atoms with Crippen LogP contribution in [0, 0.1) is 16.0 Å². The Morgan fingerprint density at radius 1 is 1.50 bits per heavy atom. The van der Waals surface area contributed by atoms with Crippen LogP contribution in [0.25, 0.3) is 0 Å². The fraction of sp³-hybridized carbons (Fsp3) is 0.583. The molecule has 0 spiro atoms. The fourth-order valence-corrected chi connectivity index (χ4v) is 2.51. The number of nitrogens with one attached hydrogen (secondary N) is 1. The van der Waals surface area contributed by atoms with E-state index in [9.17, 15) is 10.1 Å². The number of nitrogen functional groups attached to an aromatic ring is 1. The second kappa shape index (κ2) is 5.20. The molecule has 0 aliphatic heterocycles. The molecule has 0 radical (unpaired) electrons. The van der Waals surface area contributed by atoms with E-state index in [4.69, 9.17) is 5.73 Å². The minimum Gasteiger partial charge on any atom is -0.384 e. The third-order valence-electron chi connectivity index (χ3n) is 3.56. The quantitative estimate of drug-likeness (QED) is 0.632. The summed E-state index contributed by atoms with van der Waals surface area (Å²) in [4.78, 5) is 14.5. The predicted octanol–water partition coefficient (Wildman–Crippen LogP) is 2.56. The largest absolute Gasteiger partial charge is 0.384 e.